The second-order valence-electron chi connectivity index (χ2n) is 8.04. The average molecular weight is 510 g/mol. The quantitative estimate of drug-likeness (QED) is 0.372. The first-order valence-corrected chi connectivity index (χ1v) is 12.9. The van der Waals surface area contributed by atoms with Gasteiger partial charge in [0.2, 0.25) is 0 Å². The zero-order valence-electron chi connectivity index (χ0n) is 19.9. The lowest BCUT2D eigenvalue weighted by molar-refractivity contribution is -0.148. The molecule has 0 bridgehead atoms. The number of hydrogen-bond acceptors (Lipinski definition) is 6. The number of carbonyl (C=O) groups is 2. The maximum Gasteiger partial charge on any atom is 0.333 e. The van der Waals surface area contributed by atoms with E-state index in [4.69, 9.17) is 14.0 Å². The Kier molecular flexibility index (Phi) is 8.99. The van der Waals surface area contributed by atoms with Crippen LogP contribution in [0, 0.1) is 0 Å². The number of carboxylic acid groups (broad SMARTS) is 1. The normalized spacial score (nSPS) is 12.3. The summed E-state index contributed by atoms with van der Waals surface area (Å²) in [5.74, 6) is -1.04. The van der Waals surface area contributed by atoms with Crippen LogP contribution in [-0.2, 0) is 32.5 Å². The maximum atomic E-state index is 12.9. The molecular formula is C27H27NO7S. The fourth-order valence-electron chi connectivity index (χ4n) is 3.46. The number of ether oxygens (including phenoxy) is 1. The Balaban J connectivity index is 1.63. The zero-order valence-corrected chi connectivity index (χ0v) is 20.7. The molecule has 9 heteroatoms. The van der Waals surface area contributed by atoms with Crippen molar-refractivity contribution >= 4 is 33.8 Å². The molecule has 0 aliphatic heterocycles. The lowest BCUT2D eigenvalue weighted by Crippen LogP contribution is -2.24. The third-order valence-corrected chi connectivity index (χ3v) is 5.73. The second kappa shape index (κ2) is 12.1. The summed E-state index contributed by atoms with van der Waals surface area (Å²) >= 11 is 0. The summed E-state index contributed by atoms with van der Waals surface area (Å²) in [6.07, 6.45) is 4.59. The number of carboxylic acids is 1. The van der Waals surface area contributed by atoms with E-state index in [1.165, 1.54) is 7.11 Å². The number of carbonyl (C=O) groups excluding carboxylic acids is 1. The van der Waals surface area contributed by atoms with E-state index in [-0.39, 0.29) is 18.1 Å². The van der Waals surface area contributed by atoms with E-state index in [2.05, 4.69) is 5.32 Å². The van der Waals surface area contributed by atoms with E-state index in [1.807, 2.05) is 24.3 Å². The Morgan fingerprint density at radius 2 is 1.67 bits per heavy atom. The molecule has 0 saturated heterocycles. The average Bonchev–Trinajstić information content (AvgIpc) is 2.84. The lowest BCUT2D eigenvalue weighted by atomic mass is 10.0. The topological polar surface area (TPSA) is 119 Å². The summed E-state index contributed by atoms with van der Waals surface area (Å²) in [5.41, 5.74) is 3.60. The van der Waals surface area contributed by atoms with Crippen molar-refractivity contribution in [3.05, 3.63) is 101 Å². The first kappa shape index (κ1) is 26.7. The molecule has 0 aliphatic rings. The van der Waals surface area contributed by atoms with Crippen molar-refractivity contribution in [1.82, 2.24) is 0 Å². The third kappa shape index (κ3) is 8.07. The lowest BCUT2D eigenvalue weighted by Gasteiger charge is -2.12. The van der Waals surface area contributed by atoms with Crippen LogP contribution in [0.15, 0.2) is 78.9 Å². The minimum Gasteiger partial charge on any atom is -0.479 e. The number of amides is 1. The highest BCUT2D eigenvalue weighted by Gasteiger charge is 2.17. The standard InChI is InChI=1S/C27H27NO7S/c1-34-25(27(30)31)18-20-10-14-22(15-11-20)28-26(29)24-9-4-3-7-21(24)8-5-6-19-12-16-23(17-13-19)35-36(2,32)33/h3-7,9-17,25H,8,18H2,1-2H3,(H,28,29)(H,30,31)/t25-/m0/s1. The Hall–Kier alpha value is -3.95. The van der Waals surface area contributed by atoms with Gasteiger partial charge in [0.25, 0.3) is 5.91 Å². The van der Waals surface area contributed by atoms with Gasteiger partial charge < -0.3 is 19.3 Å². The van der Waals surface area contributed by atoms with E-state index >= 15 is 0 Å². The number of allylic oxidation sites excluding steroid dienone is 1. The fourth-order valence-corrected chi connectivity index (χ4v) is 3.92. The van der Waals surface area contributed by atoms with Gasteiger partial charge in [-0.2, -0.15) is 8.42 Å². The van der Waals surface area contributed by atoms with Crippen LogP contribution in [0.1, 0.15) is 27.0 Å². The van der Waals surface area contributed by atoms with Gasteiger partial charge in [0.15, 0.2) is 6.10 Å². The highest BCUT2D eigenvalue weighted by molar-refractivity contribution is 7.86. The Morgan fingerprint density at radius 3 is 2.28 bits per heavy atom. The molecule has 8 nitrogen and oxygen atoms in total. The predicted octanol–water partition coefficient (Wildman–Crippen LogP) is 4.18. The van der Waals surface area contributed by atoms with E-state index in [1.54, 1.807) is 60.7 Å². The Morgan fingerprint density at radius 1 is 1.00 bits per heavy atom. The predicted molar refractivity (Wildman–Crippen MR) is 138 cm³/mol. The molecular weight excluding hydrogens is 482 g/mol. The monoisotopic (exact) mass is 509 g/mol. The van der Waals surface area contributed by atoms with Crippen LogP contribution >= 0.6 is 0 Å². The molecule has 3 aromatic carbocycles. The molecule has 36 heavy (non-hydrogen) atoms. The Labute approximate surface area is 210 Å². The molecule has 1 atom stereocenters. The number of aliphatic carboxylic acids is 1. The summed E-state index contributed by atoms with van der Waals surface area (Å²) in [6, 6.07) is 20.9. The van der Waals surface area contributed by atoms with Gasteiger partial charge >= 0.3 is 16.1 Å². The third-order valence-electron chi connectivity index (χ3n) is 5.23. The SMILES string of the molecule is CO[C@@H](Cc1ccc(NC(=O)c2ccccc2CC=Cc2ccc(OS(C)(=O)=O)cc2)cc1)C(=O)O. The number of benzene rings is 3. The molecule has 0 aromatic heterocycles. The number of nitrogens with one attached hydrogen (secondary N) is 1. The van der Waals surface area contributed by atoms with Crippen LogP contribution in [0.3, 0.4) is 0 Å². The summed E-state index contributed by atoms with van der Waals surface area (Å²) in [4.78, 5) is 24.1. The summed E-state index contributed by atoms with van der Waals surface area (Å²) in [7, 11) is -2.22. The van der Waals surface area contributed by atoms with Crippen molar-refractivity contribution in [3.8, 4) is 5.75 Å². The fraction of sp³-hybridized carbons (Fsp3) is 0.185. The van der Waals surface area contributed by atoms with Crippen LogP contribution in [-0.4, -0.2) is 44.9 Å². The number of hydrogen-bond donors (Lipinski definition) is 2. The summed E-state index contributed by atoms with van der Waals surface area (Å²) in [6.45, 7) is 0. The van der Waals surface area contributed by atoms with Crippen molar-refractivity contribution in [2.24, 2.45) is 0 Å². The van der Waals surface area contributed by atoms with E-state index < -0.39 is 22.2 Å². The highest BCUT2D eigenvalue weighted by Crippen LogP contribution is 2.18. The van der Waals surface area contributed by atoms with E-state index in [9.17, 15) is 18.0 Å². The highest BCUT2D eigenvalue weighted by atomic mass is 32.2. The van der Waals surface area contributed by atoms with Crippen molar-refractivity contribution in [2.75, 3.05) is 18.7 Å². The Bertz CT molecular complexity index is 1330. The van der Waals surface area contributed by atoms with Gasteiger partial charge in [0.1, 0.15) is 5.75 Å². The summed E-state index contributed by atoms with van der Waals surface area (Å²) < 4.78 is 32.2. The van der Waals surface area contributed by atoms with Gasteiger partial charge in [-0.05, 0) is 53.4 Å². The van der Waals surface area contributed by atoms with Crippen LogP contribution < -0.4 is 9.50 Å². The molecule has 0 heterocycles. The zero-order chi connectivity index (χ0) is 26.1. The van der Waals surface area contributed by atoms with E-state index in [0.717, 1.165) is 22.9 Å². The van der Waals surface area contributed by atoms with Gasteiger partial charge in [-0.1, -0.05) is 54.6 Å². The van der Waals surface area contributed by atoms with Crippen molar-refractivity contribution < 1.29 is 32.0 Å². The molecule has 0 saturated carbocycles. The van der Waals surface area contributed by atoms with Gasteiger partial charge in [-0.25, -0.2) is 4.79 Å². The maximum absolute atomic E-state index is 12.9. The van der Waals surface area contributed by atoms with Crippen LogP contribution in [0.4, 0.5) is 5.69 Å². The molecule has 0 radical (unpaired) electrons. The van der Waals surface area contributed by atoms with Crippen LogP contribution in [0.25, 0.3) is 6.08 Å². The molecule has 0 unspecified atom stereocenters. The number of anilines is 1. The van der Waals surface area contributed by atoms with E-state index in [0.29, 0.717) is 17.7 Å². The smallest absolute Gasteiger partial charge is 0.333 e. The van der Waals surface area contributed by atoms with Crippen LogP contribution in [0.5, 0.6) is 5.75 Å². The second-order valence-corrected chi connectivity index (χ2v) is 9.61. The molecule has 1 amide bonds. The van der Waals surface area contributed by atoms with Gasteiger partial charge in [0.05, 0.1) is 6.26 Å². The van der Waals surface area contributed by atoms with Crippen molar-refractivity contribution in [3.63, 3.8) is 0 Å². The molecule has 2 N–H and O–H groups in total. The molecule has 3 rings (SSSR count). The molecule has 0 fully saturated rings. The molecule has 3 aromatic rings. The molecule has 188 valence electrons. The number of rotatable bonds is 11. The number of methoxy groups -OCH3 is 1. The summed E-state index contributed by atoms with van der Waals surface area (Å²) in [5, 5.41) is 12.0. The van der Waals surface area contributed by atoms with Gasteiger partial charge in [-0.15, -0.1) is 0 Å². The van der Waals surface area contributed by atoms with Gasteiger partial charge in [-0.3, -0.25) is 4.79 Å². The van der Waals surface area contributed by atoms with Crippen molar-refractivity contribution in [2.45, 2.75) is 18.9 Å². The largest absolute Gasteiger partial charge is 0.479 e. The molecule has 0 aliphatic carbocycles. The molecule has 0 spiro atoms. The first-order valence-electron chi connectivity index (χ1n) is 11.0. The van der Waals surface area contributed by atoms with Crippen molar-refractivity contribution in [1.29, 1.82) is 0 Å². The minimum absolute atomic E-state index is 0.225. The first-order chi connectivity index (χ1) is 17.1. The van der Waals surface area contributed by atoms with Crippen LogP contribution in [0.2, 0.25) is 0 Å². The minimum atomic E-state index is -3.57. The van der Waals surface area contributed by atoms with Gasteiger partial charge in [0, 0.05) is 24.8 Å².